The van der Waals surface area contributed by atoms with Gasteiger partial charge in [0.1, 0.15) is 5.82 Å². The summed E-state index contributed by atoms with van der Waals surface area (Å²) >= 11 is 5.83. The van der Waals surface area contributed by atoms with Crippen molar-refractivity contribution in [2.45, 2.75) is 6.42 Å². The standard InChI is InChI=1S/C13H18ClN3O3/c14-11-9-15-12(8-10(11)13(19)20)17-3-1-2-16(4-5-17)6-7-18/h8-9,18H,1-7H2,(H,19,20). The molecule has 0 atom stereocenters. The van der Waals surface area contributed by atoms with Gasteiger partial charge in [0, 0.05) is 32.4 Å². The summed E-state index contributed by atoms with van der Waals surface area (Å²) < 4.78 is 0. The molecule has 0 aromatic carbocycles. The van der Waals surface area contributed by atoms with Gasteiger partial charge in [0.2, 0.25) is 0 Å². The third-order valence-corrected chi connectivity index (χ3v) is 3.70. The fourth-order valence-electron chi connectivity index (χ4n) is 2.33. The number of carboxylic acid groups (broad SMARTS) is 1. The molecule has 6 nitrogen and oxygen atoms in total. The molecule has 0 spiro atoms. The van der Waals surface area contributed by atoms with Gasteiger partial charge in [0.25, 0.3) is 0 Å². The Morgan fingerprint density at radius 1 is 1.35 bits per heavy atom. The topological polar surface area (TPSA) is 76.9 Å². The molecule has 110 valence electrons. The van der Waals surface area contributed by atoms with Crippen LogP contribution in [0, 0.1) is 0 Å². The third-order valence-electron chi connectivity index (χ3n) is 3.40. The second-order valence-corrected chi connectivity index (χ2v) is 5.14. The first-order valence-electron chi connectivity index (χ1n) is 6.59. The van der Waals surface area contributed by atoms with Crippen LogP contribution in [-0.4, -0.2) is 65.4 Å². The van der Waals surface area contributed by atoms with Crippen LogP contribution in [0.3, 0.4) is 0 Å². The van der Waals surface area contributed by atoms with Gasteiger partial charge in [-0.25, -0.2) is 9.78 Å². The lowest BCUT2D eigenvalue weighted by Gasteiger charge is -2.22. The molecular formula is C13H18ClN3O3. The first-order chi connectivity index (χ1) is 9.61. The number of aliphatic hydroxyl groups excluding tert-OH is 1. The van der Waals surface area contributed by atoms with Crippen molar-refractivity contribution in [2.24, 2.45) is 0 Å². The predicted octanol–water partition coefficient (Wildman–Crippen LogP) is 0.938. The van der Waals surface area contributed by atoms with Crippen molar-refractivity contribution in [2.75, 3.05) is 44.2 Å². The quantitative estimate of drug-likeness (QED) is 0.861. The largest absolute Gasteiger partial charge is 0.478 e. The summed E-state index contributed by atoms with van der Waals surface area (Å²) in [5.41, 5.74) is 0.0770. The Kier molecular flexibility index (Phi) is 5.17. The molecule has 0 saturated carbocycles. The van der Waals surface area contributed by atoms with Crippen LogP contribution >= 0.6 is 11.6 Å². The highest BCUT2D eigenvalue weighted by Crippen LogP contribution is 2.21. The van der Waals surface area contributed by atoms with Crippen molar-refractivity contribution < 1.29 is 15.0 Å². The normalized spacial score (nSPS) is 17.0. The molecule has 1 saturated heterocycles. The Hall–Kier alpha value is -1.37. The van der Waals surface area contributed by atoms with Crippen LogP contribution in [-0.2, 0) is 0 Å². The maximum Gasteiger partial charge on any atom is 0.337 e. The second-order valence-electron chi connectivity index (χ2n) is 4.73. The Morgan fingerprint density at radius 3 is 2.85 bits per heavy atom. The molecule has 1 aromatic rings. The van der Waals surface area contributed by atoms with Gasteiger partial charge in [-0.3, -0.25) is 4.90 Å². The van der Waals surface area contributed by atoms with Crippen LogP contribution in [0.2, 0.25) is 5.02 Å². The van der Waals surface area contributed by atoms with Crippen LogP contribution in [0.1, 0.15) is 16.8 Å². The van der Waals surface area contributed by atoms with E-state index in [0.29, 0.717) is 12.4 Å². The van der Waals surface area contributed by atoms with E-state index in [9.17, 15) is 4.79 Å². The van der Waals surface area contributed by atoms with Crippen molar-refractivity contribution >= 4 is 23.4 Å². The highest BCUT2D eigenvalue weighted by molar-refractivity contribution is 6.33. The fourth-order valence-corrected chi connectivity index (χ4v) is 2.51. The number of β-amino-alcohol motifs (C(OH)–C–C–N with tert-alkyl or cyclic N) is 1. The average Bonchev–Trinajstić information content (AvgIpc) is 2.65. The maximum atomic E-state index is 11.1. The summed E-state index contributed by atoms with van der Waals surface area (Å²) in [7, 11) is 0. The number of nitrogens with zero attached hydrogens (tertiary/aromatic N) is 3. The lowest BCUT2D eigenvalue weighted by atomic mass is 10.2. The van der Waals surface area contributed by atoms with Gasteiger partial charge in [-0.05, 0) is 19.0 Å². The van der Waals surface area contributed by atoms with E-state index >= 15 is 0 Å². The third kappa shape index (κ3) is 3.59. The number of aromatic nitrogens is 1. The first-order valence-corrected chi connectivity index (χ1v) is 6.96. The van der Waals surface area contributed by atoms with Gasteiger partial charge in [-0.15, -0.1) is 0 Å². The number of pyridine rings is 1. The van der Waals surface area contributed by atoms with Crippen molar-refractivity contribution in [3.8, 4) is 0 Å². The summed E-state index contributed by atoms with van der Waals surface area (Å²) in [5.74, 6) is -0.409. The van der Waals surface area contributed by atoms with Gasteiger partial charge in [-0.2, -0.15) is 0 Å². The zero-order valence-corrected chi connectivity index (χ0v) is 11.9. The molecule has 7 heteroatoms. The van der Waals surface area contributed by atoms with Crippen LogP contribution in [0.5, 0.6) is 0 Å². The molecular weight excluding hydrogens is 282 g/mol. The molecule has 1 aromatic heterocycles. The van der Waals surface area contributed by atoms with E-state index in [1.54, 1.807) is 0 Å². The number of hydrogen-bond donors (Lipinski definition) is 2. The molecule has 1 aliphatic heterocycles. The molecule has 0 bridgehead atoms. The number of halogens is 1. The fraction of sp³-hybridized carbons (Fsp3) is 0.538. The van der Waals surface area contributed by atoms with Crippen molar-refractivity contribution in [1.29, 1.82) is 0 Å². The number of carboxylic acids is 1. The Bertz CT molecular complexity index is 484. The molecule has 0 unspecified atom stereocenters. The highest BCUT2D eigenvalue weighted by atomic mass is 35.5. The lowest BCUT2D eigenvalue weighted by molar-refractivity contribution is 0.0697. The number of aromatic carboxylic acids is 1. The molecule has 2 heterocycles. The zero-order chi connectivity index (χ0) is 14.5. The number of anilines is 1. The van der Waals surface area contributed by atoms with E-state index in [1.165, 1.54) is 12.3 Å². The molecule has 2 rings (SSSR count). The molecule has 2 N–H and O–H groups in total. The van der Waals surface area contributed by atoms with Crippen LogP contribution < -0.4 is 4.90 Å². The van der Waals surface area contributed by atoms with E-state index in [2.05, 4.69) is 14.8 Å². The van der Waals surface area contributed by atoms with Gasteiger partial charge in [0.15, 0.2) is 0 Å². The van der Waals surface area contributed by atoms with Crippen LogP contribution in [0.4, 0.5) is 5.82 Å². The van der Waals surface area contributed by atoms with E-state index in [-0.39, 0.29) is 17.2 Å². The van der Waals surface area contributed by atoms with Gasteiger partial charge in [0.05, 0.1) is 17.2 Å². The minimum Gasteiger partial charge on any atom is -0.478 e. The van der Waals surface area contributed by atoms with Gasteiger partial charge in [-0.1, -0.05) is 11.6 Å². The number of hydrogen-bond acceptors (Lipinski definition) is 5. The summed E-state index contributed by atoms with van der Waals surface area (Å²) in [6, 6.07) is 1.52. The second kappa shape index (κ2) is 6.88. The van der Waals surface area contributed by atoms with Gasteiger partial charge < -0.3 is 15.1 Å². The minimum atomic E-state index is -1.05. The predicted molar refractivity (Wildman–Crippen MR) is 76.6 cm³/mol. The number of carbonyl (C=O) groups is 1. The minimum absolute atomic E-state index is 0.0770. The lowest BCUT2D eigenvalue weighted by Crippen LogP contribution is -2.32. The smallest absolute Gasteiger partial charge is 0.337 e. The Morgan fingerprint density at radius 2 is 2.15 bits per heavy atom. The van der Waals surface area contributed by atoms with Gasteiger partial charge >= 0.3 is 5.97 Å². The SMILES string of the molecule is O=C(O)c1cc(N2CCCN(CCO)CC2)ncc1Cl. The molecule has 0 aliphatic carbocycles. The van der Waals surface area contributed by atoms with E-state index in [0.717, 1.165) is 32.6 Å². The zero-order valence-electron chi connectivity index (χ0n) is 11.1. The molecule has 0 amide bonds. The Labute approximate surface area is 122 Å². The molecule has 20 heavy (non-hydrogen) atoms. The molecule has 1 fully saturated rings. The monoisotopic (exact) mass is 299 g/mol. The van der Waals surface area contributed by atoms with Crippen LogP contribution in [0.15, 0.2) is 12.3 Å². The van der Waals surface area contributed by atoms with E-state index < -0.39 is 5.97 Å². The summed E-state index contributed by atoms with van der Waals surface area (Å²) in [6.45, 7) is 4.15. The van der Waals surface area contributed by atoms with Crippen molar-refractivity contribution in [3.63, 3.8) is 0 Å². The van der Waals surface area contributed by atoms with E-state index in [1.807, 2.05) is 0 Å². The van der Waals surface area contributed by atoms with Crippen molar-refractivity contribution in [1.82, 2.24) is 9.88 Å². The average molecular weight is 300 g/mol. The first kappa shape index (κ1) is 15.0. The summed E-state index contributed by atoms with van der Waals surface area (Å²) in [4.78, 5) is 19.6. The number of aliphatic hydroxyl groups is 1. The Balaban J connectivity index is 2.11. The summed E-state index contributed by atoms with van der Waals surface area (Å²) in [5, 5.41) is 18.2. The van der Waals surface area contributed by atoms with E-state index in [4.69, 9.17) is 21.8 Å². The number of rotatable bonds is 4. The van der Waals surface area contributed by atoms with Crippen molar-refractivity contribution in [3.05, 3.63) is 22.8 Å². The molecule has 1 aliphatic rings. The molecule has 0 radical (unpaired) electrons. The maximum absolute atomic E-state index is 11.1. The highest BCUT2D eigenvalue weighted by Gasteiger charge is 2.18. The summed E-state index contributed by atoms with van der Waals surface area (Å²) in [6.07, 6.45) is 2.34. The van der Waals surface area contributed by atoms with Crippen LogP contribution in [0.25, 0.3) is 0 Å².